The summed E-state index contributed by atoms with van der Waals surface area (Å²) >= 11 is 0. The number of sulfonamides is 2. The van der Waals surface area contributed by atoms with E-state index in [4.69, 9.17) is 9.47 Å². The van der Waals surface area contributed by atoms with E-state index in [1.807, 2.05) is 26.8 Å². The zero-order valence-corrected chi connectivity index (χ0v) is 25.3. The lowest BCUT2D eigenvalue weighted by atomic mass is 9.86. The van der Waals surface area contributed by atoms with E-state index in [1.54, 1.807) is 30.3 Å². The summed E-state index contributed by atoms with van der Waals surface area (Å²) < 4.78 is 65.8. The van der Waals surface area contributed by atoms with Crippen LogP contribution in [-0.4, -0.2) is 66.9 Å². The van der Waals surface area contributed by atoms with Crippen molar-refractivity contribution in [2.24, 2.45) is 0 Å². The average molecular weight is 602 g/mol. The smallest absolute Gasteiger partial charge is 0.264 e. The molecule has 1 unspecified atom stereocenters. The largest absolute Gasteiger partial charge is 0.492 e. The number of ether oxygens (including phenoxy) is 2. The number of carbonyl (C=O) groups is 1. The maximum Gasteiger partial charge on any atom is 0.264 e. The fourth-order valence-electron chi connectivity index (χ4n) is 4.18. The van der Waals surface area contributed by atoms with Crippen molar-refractivity contribution in [1.29, 1.82) is 0 Å². The third kappa shape index (κ3) is 6.66. The van der Waals surface area contributed by atoms with Gasteiger partial charge in [-0.05, 0) is 59.5 Å². The minimum Gasteiger partial charge on any atom is -0.492 e. The van der Waals surface area contributed by atoms with Crippen molar-refractivity contribution in [1.82, 2.24) is 9.62 Å². The fourth-order valence-corrected chi connectivity index (χ4v) is 6.57. The minimum atomic E-state index is -3.98. The van der Waals surface area contributed by atoms with Crippen molar-refractivity contribution in [2.45, 2.75) is 42.1 Å². The van der Waals surface area contributed by atoms with Gasteiger partial charge in [0.05, 0.1) is 28.6 Å². The van der Waals surface area contributed by atoms with Crippen LogP contribution in [0.2, 0.25) is 0 Å². The molecule has 1 amide bonds. The first-order valence-electron chi connectivity index (χ1n) is 13.0. The molecule has 0 fully saturated rings. The molecule has 12 heteroatoms. The van der Waals surface area contributed by atoms with Crippen LogP contribution >= 0.6 is 0 Å². The summed E-state index contributed by atoms with van der Waals surface area (Å²) in [6, 6.07) is 19.4. The molecule has 0 aliphatic carbocycles. The molecule has 1 atom stereocenters. The predicted octanol–water partition coefficient (Wildman–Crippen LogP) is 3.39. The third-order valence-corrected chi connectivity index (χ3v) is 10.2. The molecule has 41 heavy (non-hydrogen) atoms. The monoisotopic (exact) mass is 601 g/mol. The van der Waals surface area contributed by atoms with E-state index in [0.717, 1.165) is 9.87 Å². The van der Waals surface area contributed by atoms with E-state index in [0.29, 0.717) is 17.2 Å². The number of fused-ring (bicyclic) bond motifs is 1. The Morgan fingerprint density at radius 1 is 0.976 bits per heavy atom. The van der Waals surface area contributed by atoms with Gasteiger partial charge in [0.15, 0.2) is 6.10 Å². The van der Waals surface area contributed by atoms with Gasteiger partial charge in [0, 0.05) is 14.1 Å². The molecule has 3 aromatic carbocycles. The molecule has 0 saturated carbocycles. The fraction of sp³-hybridized carbons (Fsp3) is 0.345. The summed E-state index contributed by atoms with van der Waals surface area (Å²) in [6.45, 7) is 6.13. The quantitative estimate of drug-likeness (QED) is 0.373. The van der Waals surface area contributed by atoms with Crippen molar-refractivity contribution in [2.75, 3.05) is 38.1 Å². The minimum absolute atomic E-state index is 0.107. The number of hydrogen-bond acceptors (Lipinski definition) is 7. The van der Waals surface area contributed by atoms with Crippen LogP contribution in [-0.2, 0) is 30.3 Å². The second-order valence-corrected chi connectivity index (χ2v) is 14.8. The number of benzene rings is 3. The topological polar surface area (TPSA) is 122 Å². The second kappa shape index (κ2) is 11.7. The molecule has 4 rings (SSSR count). The molecular formula is C29H35N3O7S2. The van der Waals surface area contributed by atoms with Crippen LogP contribution in [0.4, 0.5) is 5.69 Å². The van der Waals surface area contributed by atoms with E-state index >= 15 is 0 Å². The molecule has 1 aliphatic rings. The first kappa shape index (κ1) is 30.4. The predicted molar refractivity (Wildman–Crippen MR) is 156 cm³/mol. The number of carbonyl (C=O) groups excluding carboxylic acids is 1. The molecule has 1 heterocycles. The molecule has 0 spiro atoms. The van der Waals surface area contributed by atoms with Gasteiger partial charge in [-0.2, -0.15) is 0 Å². The van der Waals surface area contributed by atoms with Gasteiger partial charge in [0.25, 0.3) is 15.9 Å². The number of amides is 1. The van der Waals surface area contributed by atoms with Gasteiger partial charge in [0.2, 0.25) is 10.0 Å². The van der Waals surface area contributed by atoms with Crippen LogP contribution < -0.4 is 19.1 Å². The zero-order valence-electron chi connectivity index (χ0n) is 23.7. The third-order valence-electron chi connectivity index (χ3n) is 6.59. The van der Waals surface area contributed by atoms with Crippen molar-refractivity contribution in [3.05, 3.63) is 78.4 Å². The number of hydrogen-bond donors (Lipinski definition) is 1. The molecule has 0 radical (unpaired) electrons. The maximum atomic E-state index is 13.7. The first-order valence-corrected chi connectivity index (χ1v) is 15.9. The molecule has 220 valence electrons. The lowest BCUT2D eigenvalue weighted by molar-refractivity contribution is -0.127. The summed E-state index contributed by atoms with van der Waals surface area (Å²) in [4.78, 5) is 13.3. The summed E-state index contributed by atoms with van der Waals surface area (Å²) in [6.07, 6.45) is -1.09. The highest BCUT2D eigenvalue weighted by molar-refractivity contribution is 7.92. The van der Waals surface area contributed by atoms with Gasteiger partial charge in [-0.15, -0.1) is 0 Å². The Morgan fingerprint density at radius 3 is 2.24 bits per heavy atom. The number of nitrogens with one attached hydrogen (secondary N) is 1. The average Bonchev–Trinajstić information content (AvgIpc) is 2.94. The van der Waals surface area contributed by atoms with Gasteiger partial charge < -0.3 is 14.8 Å². The van der Waals surface area contributed by atoms with Gasteiger partial charge in [0.1, 0.15) is 18.1 Å². The number of anilines is 1. The highest BCUT2D eigenvalue weighted by Crippen LogP contribution is 2.40. The molecule has 1 aliphatic heterocycles. The molecule has 0 aromatic heterocycles. The normalized spacial score (nSPS) is 15.7. The van der Waals surface area contributed by atoms with Gasteiger partial charge in [-0.25, -0.2) is 21.1 Å². The van der Waals surface area contributed by atoms with Gasteiger partial charge in [-0.1, -0.05) is 45.0 Å². The lowest BCUT2D eigenvalue weighted by Gasteiger charge is -2.36. The Kier molecular flexibility index (Phi) is 8.67. The van der Waals surface area contributed by atoms with Crippen LogP contribution in [0.1, 0.15) is 26.3 Å². The summed E-state index contributed by atoms with van der Waals surface area (Å²) in [7, 11) is -4.62. The van der Waals surface area contributed by atoms with Crippen molar-refractivity contribution >= 4 is 31.6 Å². The lowest BCUT2D eigenvalue weighted by Crippen LogP contribution is -2.51. The maximum absolute atomic E-state index is 13.7. The second-order valence-electron chi connectivity index (χ2n) is 10.8. The Bertz CT molecular complexity index is 1600. The van der Waals surface area contributed by atoms with E-state index in [1.165, 1.54) is 54.8 Å². The Hall–Kier alpha value is -3.61. The van der Waals surface area contributed by atoms with Gasteiger partial charge >= 0.3 is 0 Å². The Labute approximate surface area is 242 Å². The van der Waals surface area contributed by atoms with Crippen LogP contribution in [0.15, 0.2) is 82.6 Å². The first-order chi connectivity index (χ1) is 19.2. The summed E-state index contributed by atoms with van der Waals surface area (Å²) in [5.41, 5.74) is 1.08. The number of nitrogens with zero attached hydrogens (tertiary/aromatic N) is 2. The van der Waals surface area contributed by atoms with Gasteiger partial charge in [-0.3, -0.25) is 9.10 Å². The van der Waals surface area contributed by atoms with E-state index < -0.39 is 32.1 Å². The molecule has 0 saturated heterocycles. The van der Waals surface area contributed by atoms with Crippen molar-refractivity contribution in [3.8, 4) is 11.5 Å². The van der Waals surface area contributed by atoms with Crippen LogP contribution in [0, 0.1) is 0 Å². The van der Waals surface area contributed by atoms with Crippen LogP contribution in [0.25, 0.3) is 0 Å². The Balaban J connectivity index is 1.46. The van der Waals surface area contributed by atoms with Crippen LogP contribution in [0.5, 0.6) is 11.5 Å². The zero-order chi connectivity index (χ0) is 30.0. The van der Waals surface area contributed by atoms with Crippen molar-refractivity contribution < 1.29 is 31.1 Å². The highest BCUT2D eigenvalue weighted by atomic mass is 32.2. The Morgan fingerprint density at radius 2 is 1.63 bits per heavy atom. The molecule has 3 aromatic rings. The van der Waals surface area contributed by atoms with E-state index in [-0.39, 0.29) is 34.9 Å². The number of rotatable bonds is 9. The van der Waals surface area contributed by atoms with E-state index in [9.17, 15) is 21.6 Å². The standard InChI is InChI=1S/C29H35N3O7S2/c1-29(2,3)21-11-16-26-25(19-21)32(41(36,37)23-9-7-6-8-10-23)20-27(39-26)28(33)30-17-18-38-22-12-14-24(15-13-22)40(34,35)31(4)5/h6-16,19,27H,17-18,20H2,1-5H3,(H,30,33). The van der Waals surface area contributed by atoms with E-state index in [2.05, 4.69) is 5.32 Å². The highest BCUT2D eigenvalue weighted by Gasteiger charge is 2.38. The molecule has 10 nitrogen and oxygen atoms in total. The molecule has 0 bridgehead atoms. The SMILES string of the molecule is CN(C)S(=O)(=O)c1ccc(OCCNC(=O)C2CN(S(=O)(=O)c3ccccc3)c3cc(C(C)(C)C)ccc3O2)cc1. The van der Waals surface area contributed by atoms with Crippen molar-refractivity contribution in [3.63, 3.8) is 0 Å². The molecular weight excluding hydrogens is 566 g/mol. The summed E-state index contributed by atoms with van der Waals surface area (Å²) in [5, 5.41) is 2.74. The van der Waals surface area contributed by atoms with Crippen LogP contribution in [0.3, 0.4) is 0 Å². The summed E-state index contributed by atoms with van der Waals surface area (Å²) in [5.74, 6) is 0.252. The molecule has 1 N–H and O–H groups in total.